The van der Waals surface area contributed by atoms with Crippen LogP contribution in [0.2, 0.25) is 0 Å². The maximum absolute atomic E-state index is 9.74. The van der Waals surface area contributed by atoms with Crippen molar-refractivity contribution >= 4 is 0 Å². The van der Waals surface area contributed by atoms with Gasteiger partial charge in [0.25, 0.3) is 0 Å². The van der Waals surface area contributed by atoms with Crippen molar-refractivity contribution in [2.24, 2.45) is 0 Å². The van der Waals surface area contributed by atoms with Crippen molar-refractivity contribution in [3.63, 3.8) is 0 Å². The Balaban J connectivity index is 2.59. The second-order valence-electron chi connectivity index (χ2n) is 3.26. The Morgan fingerprint density at radius 1 is 1.40 bits per heavy atom. The molecule has 0 bridgehead atoms. The van der Waals surface area contributed by atoms with Crippen LogP contribution in [-0.2, 0) is 0 Å². The number of rotatable bonds is 5. The molecule has 80 valence electrons. The molecule has 1 N–H and O–H groups in total. The largest absolute Gasteiger partial charge is 0.494 e. The second kappa shape index (κ2) is 6.10. The third-order valence-corrected chi connectivity index (χ3v) is 2.14. The van der Waals surface area contributed by atoms with E-state index >= 15 is 0 Å². The summed E-state index contributed by atoms with van der Waals surface area (Å²) in [5.41, 5.74) is 0.883. The van der Waals surface area contributed by atoms with E-state index in [1.807, 2.05) is 31.2 Å². The first-order chi connectivity index (χ1) is 7.27. The Morgan fingerprint density at radius 3 is 2.60 bits per heavy atom. The number of aliphatic hydroxyl groups is 1. The molecule has 2 nitrogen and oxygen atoms in total. The average Bonchev–Trinajstić information content (AvgIpc) is 2.27. The van der Waals surface area contributed by atoms with Crippen molar-refractivity contribution in [1.29, 1.82) is 0 Å². The van der Waals surface area contributed by atoms with Gasteiger partial charge in [-0.25, -0.2) is 0 Å². The Morgan fingerprint density at radius 2 is 2.07 bits per heavy atom. The molecule has 0 amide bonds. The van der Waals surface area contributed by atoms with Gasteiger partial charge >= 0.3 is 0 Å². The van der Waals surface area contributed by atoms with E-state index in [1.54, 1.807) is 0 Å². The van der Waals surface area contributed by atoms with Crippen LogP contribution in [0.25, 0.3) is 0 Å². The van der Waals surface area contributed by atoms with E-state index in [0.29, 0.717) is 19.4 Å². The van der Waals surface area contributed by atoms with Crippen LogP contribution in [0, 0.1) is 12.3 Å². The maximum atomic E-state index is 9.74. The minimum atomic E-state index is -0.475. The predicted octanol–water partition coefficient (Wildman–Crippen LogP) is 2.53. The number of aliphatic hydroxyl groups excluding tert-OH is 1. The van der Waals surface area contributed by atoms with Gasteiger partial charge < -0.3 is 9.84 Å². The first-order valence-corrected chi connectivity index (χ1v) is 5.12. The molecule has 1 rings (SSSR count). The van der Waals surface area contributed by atoms with Gasteiger partial charge in [0.15, 0.2) is 0 Å². The quantitative estimate of drug-likeness (QED) is 0.747. The maximum Gasteiger partial charge on any atom is 0.119 e. The average molecular weight is 204 g/mol. The van der Waals surface area contributed by atoms with E-state index in [9.17, 15) is 5.11 Å². The first-order valence-electron chi connectivity index (χ1n) is 5.12. The van der Waals surface area contributed by atoms with Crippen molar-refractivity contribution in [2.75, 3.05) is 6.61 Å². The number of benzene rings is 1. The summed E-state index contributed by atoms with van der Waals surface area (Å²) in [6.07, 6.45) is 5.86. The van der Waals surface area contributed by atoms with Crippen molar-refractivity contribution in [3.8, 4) is 18.1 Å². The highest BCUT2D eigenvalue weighted by Gasteiger charge is 2.06. The molecule has 2 heteroatoms. The Kier molecular flexibility index (Phi) is 4.73. The number of hydrogen-bond acceptors (Lipinski definition) is 2. The lowest BCUT2D eigenvalue weighted by atomic mass is 10.1. The fourth-order valence-corrected chi connectivity index (χ4v) is 1.34. The van der Waals surface area contributed by atoms with E-state index in [2.05, 4.69) is 5.92 Å². The number of hydrogen-bond donors (Lipinski definition) is 1. The van der Waals surface area contributed by atoms with Crippen LogP contribution in [0.15, 0.2) is 24.3 Å². The van der Waals surface area contributed by atoms with Crippen LogP contribution >= 0.6 is 0 Å². The molecule has 0 heterocycles. The molecule has 15 heavy (non-hydrogen) atoms. The normalized spacial score (nSPS) is 11.8. The van der Waals surface area contributed by atoms with Gasteiger partial charge in [-0.3, -0.25) is 0 Å². The topological polar surface area (TPSA) is 29.5 Å². The van der Waals surface area contributed by atoms with Crippen LogP contribution in [-0.4, -0.2) is 11.7 Å². The van der Waals surface area contributed by atoms with Gasteiger partial charge in [-0.2, -0.15) is 0 Å². The molecule has 1 aromatic rings. The van der Waals surface area contributed by atoms with Gasteiger partial charge in [0, 0.05) is 6.42 Å². The summed E-state index contributed by atoms with van der Waals surface area (Å²) < 4.78 is 5.31. The molecule has 0 saturated heterocycles. The summed E-state index contributed by atoms with van der Waals surface area (Å²) in [7, 11) is 0. The minimum absolute atomic E-state index is 0.475. The first kappa shape index (κ1) is 11.6. The monoisotopic (exact) mass is 204 g/mol. The molecule has 1 aromatic carbocycles. The van der Waals surface area contributed by atoms with Crippen LogP contribution < -0.4 is 4.74 Å². The van der Waals surface area contributed by atoms with Gasteiger partial charge in [0.05, 0.1) is 12.7 Å². The fraction of sp³-hybridized carbons (Fsp3) is 0.385. The van der Waals surface area contributed by atoms with E-state index in [4.69, 9.17) is 11.2 Å². The zero-order valence-electron chi connectivity index (χ0n) is 8.94. The van der Waals surface area contributed by atoms with Gasteiger partial charge in [-0.1, -0.05) is 12.1 Å². The molecule has 0 aliphatic carbocycles. The highest BCUT2D eigenvalue weighted by Crippen LogP contribution is 2.20. The lowest BCUT2D eigenvalue weighted by Gasteiger charge is -2.10. The molecule has 0 fully saturated rings. The molecule has 0 aromatic heterocycles. The predicted molar refractivity (Wildman–Crippen MR) is 60.6 cm³/mol. The summed E-state index contributed by atoms with van der Waals surface area (Å²) in [6, 6.07) is 7.45. The lowest BCUT2D eigenvalue weighted by Crippen LogP contribution is -1.97. The Bertz CT molecular complexity index is 321. The van der Waals surface area contributed by atoms with Crippen molar-refractivity contribution in [1.82, 2.24) is 0 Å². The highest BCUT2D eigenvalue weighted by atomic mass is 16.5. The number of terminal acetylenes is 1. The van der Waals surface area contributed by atoms with Gasteiger partial charge in [-0.15, -0.1) is 12.3 Å². The zero-order valence-corrected chi connectivity index (χ0v) is 8.94. The molecular weight excluding hydrogens is 188 g/mol. The van der Waals surface area contributed by atoms with Crippen molar-refractivity contribution in [3.05, 3.63) is 29.8 Å². The number of ether oxygens (including phenoxy) is 1. The summed E-state index contributed by atoms with van der Waals surface area (Å²) in [4.78, 5) is 0. The summed E-state index contributed by atoms with van der Waals surface area (Å²) in [5, 5.41) is 9.74. The molecule has 1 atom stereocenters. The molecule has 0 aliphatic heterocycles. The molecule has 1 unspecified atom stereocenters. The molecule has 0 aliphatic rings. The lowest BCUT2D eigenvalue weighted by molar-refractivity contribution is 0.169. The molecular formula is C13H16O2. The summed E-state index contributed by atoms with van der Waals surface area (Å²) in [5.74, 6) is 3.34. The third kappa shape index (κ3) is 3.65. The summed E-state index contributed by atoms with van der Waals surface area (Å²) >= 11 is 0. The van der Waals surface area contributed by atoms with E-state index in [-0.39, 0.29) is 0 Å². The van der Waals surface area contributed by atoms with Gasteiger partial charge in [0.1, 0.15) is 5.75 Å². The van der Waals surface area contributed by atoms with E-state index < -0.39 is 6.10 Å². The standard InChI is InChI=1S/C13H16O2/c1-3-5-6-13(14)11-7-9-12(10-8-11)15-4-2/h1,7-10,13-14H,4-6H2,2H3. The van der Waals surface area contributed by atoms with Crippen LogP contribution in [0.3, 0.4) is 0 Å². The zero-order chi connectivity index (χ0) is 11.1. The Hall–Kier alpha value is -1.46. The minimum Gasteiger partial charge on any atom is -0.494 e. The fourth-order valence-electron chi connectivity index (χ4n) is 1.34. The van der Waals surface area contributed by atoms with E-state index in [1.165, 1.54) is 0 Å². The van der Waals surface area contributed by atoms with Gasteiger partial charge in [0.2, 0.25) is 0 Å². The highest BCUT2D eigenvalue weighted by molar-refractivity contribution is 5.28. The second-order valence-corrected chi connectivity index (χ2v) is 3.26. The molecule has 0 spiro atoms. The smallest absolute Gasteiger partial charge is 0.119 e. The summed E-state index contributed by atoms with van der Waals surface area (Å²) in [6.45, 7) is 2.59. The SMILES string of the molecule is C#CCCC(O)c1ccc(OCC)cc1. The third-order valence-electron chi connectivity index (χ3n) is 2.14. The molecule has 0 saturated carbocycles. The van der Waals surface area contributed by atoms with Crippen LogP contribution in [0.4, 0.5) is 0 Å². The molecule has 0 radical (unpaired) electrons. The Labute approximate surface area is 90.9 Å². The van der Waals surface area contributed by atoms with Crippen LogP contribution in [0.1, 0.15) is 31.4 Å². The van der Waals surface area contributed by atoms with E-state index in [0.717, 1.165) is 11.3 Å². The van der Waals surface area contributed by atoms with Crippen LogP contribution in [0.5, 0.6) is 5.75 Å². The van der Waals surface area contributed by atoms with Gasteiger partial charge in [-0.05, 0) is 31.0 Å². The van der Waals surface area contributed by atoms with Crippen molar-refractivity contribution in [2.45, 2.75) is 25.9 Å². The van der Waals surface area contributed by atoms with Crippen molar-refractivity contribution < 1.29 is 9.84 Å².